The molecule has 0 aliphatic carbocycles. The highest BCUT2D eigenvalue weighted by Crippen LogP contribution is 2.30. The number of anilines is 1. The third kappa shape index (κ3) is 4.18. The van der Waals surface area contributed by atoms with Gasteiger partial charge in [-0.3, -0.25) is 9.11 Å². The monoisotopic (exact) mass is 341 g/mol. The molecule has 2 saturated heterocycles. The molecule has 0 bridgehead atoms. The van der Waals surface area contributed by atoms with Crippen LogP contribution in [0.2, 0.25) is 10.2 Å². The van der Waals surface area contributed by atoms with E-state index in [1.165, 1.54) is 0 Å². The zero-order valence-corrected chi connectivity index (χ0v) is 12.5. The highest BCUT2D eigenvalue weighted by molar-refractivity contribution is 7.79. The Balaban J connectivity index is 0.000000257. The summed E-state index contributed by atoms with van der Waals surface area (Å²) >= 11 is 11.7. The highest BCUT2D eigenvalue weighted by atomic mass is 35.5. The smallest absolute Gasteiger partial charge is 0.368 e. The Labute approximate surface area is 126 Å². The zero-order valence-electron chi connectivity index (χ0n) is 10.2. The maximum Gasteiger partial charge on any atom is 0.394 e. The van der Waals surface area contributed by atoms with Crippen molar-refractivity contribution in [3.05, 3.63) is 22.4 Å². The van der Waals surface area contributed by atoms with Crippen molar-refractivity contribution in [3.63, 3.8) is 0 Å². The van der Waals surface area contributed by atoms with Gasteiger partial charge in [0, 0.05) is 31.6 Å². The molecule has 3 heterocycles. The van der Waals surface area contributed by atoms with Gasteiger partial charge in [-0.05, 0) is 6.07 Å². The predicted octanol–water partition coefficient (Wildman–Crippen LogP) is 1.14. The van der Waals surface area contributed by atoms with Crippen LogP contribution in [0.25, 0.3) is 0 Å². The number of pyridine rings is 1. The molecule has 0 radical (unpaired) electrons. The Bertz CT molecular complexity index is 578. The number of hydrogen-bond donors (Lipinski definition) is 3. The molecule has 10 heteroatoms. The van der Waals surface area contributed by atoms with Crippen molar-refractivity contribution in [2.24, 2.45) is 5.92 Å². The fraction of sp³-hybridized carbons (Fsp3) is 0.500. The number of aromatic nitrogens is 1. The Morgan fingerprint density at radius 3 is 2.40 bits per heavy atom. The quantitative estimate of drug-likeness (QED) is 0.519. The van der Waals surface area contributed by atoms with Gasteiger partial charge in [0.25, 0.3) is 0 Å². The number of rotatable bonds is 1. The van der Waals surface area contributed by atoms with Crippen LogP contribution in [0.3, 0.4) is 0 Å². The minimum Gasteiger partial charge on any atom is -0.368 e. The maximum absolute atomic E-state index is 8.74. The first-order valence-electron chi connectivity index (χ1n) is 5.73. The van der Waals surface area contributed by atoms with Crippen molar-refractivity contribution in [2.45, 2.75) is 6.04 Å². The summed E-state index contributed by atoms with van der Waals surface area (Å²) in [7, 11) is -4.67. The molecule has 112 valence electrons. The minimum atomic E-state index is -4.67. The van der Waals surface area contributed by atoms with E-state index < -0.39 is 10.4 Å². The molecule has 3 N–H and O–H groups in total. The molecular weight excluding hydrogens is 329 g/mol. The molecular formula is C10H13Cl2N3O4S. The van der Waals surface area contributed by atoms with Crippen molar-refractivity contribution in [1.29, 1.82) is 0 Å². The SMILES string of the molecule is Clc1cc(N2C[C@@H]3CN[C@@H]3C2)cnc1Cl.O=S(=O)(O)O. The van der Waals surface area contributed by atoms with Crippen LogP contribution in [0.5, 0.6) is 0 Å². The molecule has 0 aromatic carbocycles. The molecule has 0 unspecified atom stereocenters. The third-order valence-electron chi connectivity index (χ3n) is 3.23. The van der Waals surface area contributed by atoms with E-state index >= 15 is 0 Å². The van der Waals surface area contributed by atoms with Crippen LogP contribution in [0.1, 0.15) is 0 Å². The largest absolute Gasteiger partial charge is 0.394 e. The third-order valence-corrected chi connectivity index (χ3v) is 3.92. The number of nitrogens with one attached hydrogen (secondary N) is 1. The average molecular weight is 342 g/mol. The maximum atomic E-state index is 8.74. The molecule has 0 amide bonds. The van der Waals surface area contributed by atoms with Crippen LogP contribution in [-0.4, -0.2) is 48.2 Å². The van der Waals surface area contributed by atoms with E-state index in [1.807, 2.05) is 6.07 Å². The van der Waals surface area contributed by atoms with Gasteiger partial charge < -0.3 is 10.2 Å². The number of nitrogens with zero attached hydrogens (tertiary/aromatic N) is 2. The number of hydrogen-bond acceptors (Lipinski definition) is 5. The lowest BCUT2D eigenvalue weighted by Gasteiger charge is -2.29. The summed E-state index contributed by atoms with van der Waals surface area (Å²) in [5.74, 6) is 0.791. The highest BCUT2D eigenvalue weighted by Gasteiger charge is 2.39. The van der Waals surface area contributed by atoms with Gasteiger partial charge >= 0.3 is 10.4 Å². The minimum absolute atomic E-state index is 0.376. The Morgan fingerprint density at radius 2 is 2.00 bits per heavy atom. The first-order valence-corrected chi connectivity index (χ1v) is 7.88. The van der Waals surface area contributed by atoms with Gasteiger partial charge in [0.05, 0.1) is 16.9 Å². The molecule has 2 fully saturated rings. The second-order valence-electron chi connectivity index (χ2n) is 4.59. The van der Waals surface area contributed by atoms with Crippen molar-refractivity contribution in [3.8, 4) is 0 Å². The number of fused-ring (bicyclic) bond motifs is 1. The molecule has 0 spiro atoms. The van der Waals surface area contributed by atoms with E-state index in [1.54, 1.807) is 6.20 Å². The molecule has 7 nitrogen and oxygen atoms in total. The van der Waals surface area contributed by atoms with Gasteiger partial charge in [0.1, 0.15) is 5.15 Å². The second kappa shape index (κ2) is 6.00. The van der Waals surface area contributed by atoms with Crippen LogP contribution in [0, 0.1) is 5.92 Å². The fourth-order valence-electron chi connectivity index (χ4n) is 2.25. The summed E-state index contributed by atoms with van der Waals surface area (Å²) in [5.41, 5.74) is 1.07. The molecule has 20 heavy (non-hydrogen) atoms. The standard InChI is InChI=1S/C10H11Cl2N3.H2O4S/c11-8-1-7(3-14-10(8)12)15-4-6-2-13-9(6)5-15;1-5(2,3)4/h1,3,6,9,13H,2,4-5H2;(H2,1,2,3,4)/t6-,9+;/m0./s1. The number of halogens is 2. The first-order chi connectivity index (χ1) is 9.24. The van der Waals surface area contributed by atoms with Gasteiger partial charge in [0.2, 0.25) is 0 Å². The van der Waals surface area contributed by atoms with Crippen molar-refractivity contribution >= 4 is 39.3 Å². The van der Waals surface area contributed by atoms with E-state index in [0.717, 1.165) is 31.2 Å². The summed E-state index contributed by atoms with van der Waals surface area (Å²) < 4.78 is 31.6. The lowest BCUT2D eigenvalue weighted by Crippen LogP contribution is -2.51. The fourth-order valence-corrected chi connectivity index (χ4v) is 2.51. The summed E-state index contributed by atoms with van der Waals surface area (Å²) in [5, 5.41) is 4.32. The van der Waals surface area contributed by atoms with Gasteiger partial charge in [0.15, 0.2) is 0 Å². The van der Waals surface area contributed by atoms with Gasteiger partial charge in [-0.2, -0.15) is 8.42 Å². The van der Waals surface area contributed by atoms with Crippen molar-refractivity contribution < 1.29 is 17.5 Å². The van der Waals surface area contributed by atoms with Gasteiger partial charge in [-0.1, -0.05) is 23.2 Å². The zero-order chi connectivity index (χ0) is 14.9. The summed E-state index contributed by atoms with van der Waals surface area (Å²) in [6.07, 6.45) is 1.79. The van der Waals surface area contributed by atoms with E-state index in [2.05, 4.69) is 15.2 Å². The topological polar surface area (TPSA) is 103 Å². The van der Waals surface area contributed by atoms with E-state index in [0.29, 0.717) is 16.2 Å². The lowest BCUT2D eigenvalue weighted by atomic mass is 9.96. The van der Waals surface area contributed by atoms with Crippen LogP contribution in [0.15, 0.2) is 12.3 Å². The van der Waals surface area contributed by atoms with E-state index in [4.69, 9.17) is 40.7 Å². The normalized spacial score (nSPS) is 24.5. The van der Waals surface area contributed by atoms with E-state index in [-0.39, 0.29) is 0 Å². The molecule has 2 atom stereocenters. The van der Waals surface area contributed by atoms with Crippen LogP contribution in [-0.2, 0) is 10.4 Å². The Hall–Kier alpha value is -0.640. The van der Waals surface area contributed by atoms with Gasteiger partial charge in [-0.25, -0.2) is 4.98 Å². The Morgan fingerprint density at radius 1 is 1.35 bits per heavy atom. The summed E-state index contributed by atoms with van der Waals surface area (Å²) in [6.45, 7) is 3.28. The van der Waals surface area contributed by atoms with Crippen molar-refractivity contribution in [1.82, 2.24) is 10.3 Å². The lowest BCUT2D eigenvalue weighted by molar-refractivity contribution is 0.297. The molecule has 0 saturated carbocycles. The molecule has 2 aliphatic heterocycles. The molecule has 3 rings (SSSR count). The molecule has 1 aromatic heterocycles. The summed E-state index contributed by atoms with van der Waals surface area (Å²) in [4.78, 5) is 6.38. The van der Waals surface area contributed by atoms with E-state index in [9.17, 15) is 0 Å². The van der Waals surface area contributed by atoms with Crippen LogP contribution < -0.4 is 10.2 Å². The van der Waals surface area contributed by atoms with Gasteiger partial charge in [-0.15, -0.1) is 0 Å². The van der Waals surface area contributed by atoms with Crippen LogP contribution >= 0.6 is 23.2 Å². The molecule has 2 aliphatic rings. The first kappa shape index (κ1) is 15.7. The predicted molar refractivity (Wildman–Crippen MR) is 75.9 cm³/mol. The second-order valence-corrected chi connectivity index (χ2v) is 6.25. The summed E-state index contributed by atoms with van der Waals surface area (Å²) in [6, 6.07) is 2.54. The van der Waals surface area contributed by atoms with Crippen LogP contribution in [0.4, 0.5) is 5.69 Å². The van der Waals surface area contributed by atoms with Crippen molar-refractivity contribution in [2.75, 3.05) is 24.5 Å². The average Bonchev–Trinajstić information content (AvgIpc) is 2.57. The molecule has 1 aromatic rings. The Kier molecular flexibility index (Phi) is 4.73.